The quantitative estimate of drug-likeness (QED) is 0.247. The second-order valence-corrected chi connectivity index (χ2v) is 6.96. The van der Waals surface area contributed by atoms with Gasteiger partial charge in [-0.1, -0.05) is 37.5 Å². The number of hydrogen-bond acceptors (Lipinski definition) is 10. The predicted molar refractivity (Wildman–Crippen MR) is 137 cm³/mol. The second kappa shape index (κ2) is 23.8. The van der Waals surface area contributed by atoms with Gasteiger partial charge in [-0.3, -0.25) is 9.59 Å². The van der Waals surface area contributed by atoms with E-state index in [9.17, 15) is 19.8 Å². The number of ether oxygens (including phenoxy) is 4. The topological polar surface area (TPSA) is 163 Å². The van der Waals surface area contributed by atoms with Gasteiger partial charge in [0, 0.05) is 0 Å². The first-order valence-corrected chi connectivity index (χ1v) is 11.4. The zero-order valence-corrected chi connectivity index (χ0v) is 25.2. The minimum atomic E-state index is -0.339. The molecule has 0 radical (unpaired) electrons. The van der Waals surface area contributed by atoms with E-state index >= 15 is 0 Å². The van der Waals surface area contributed by atoms with Crippen LogP contribution in [0.25, 0.3) is 11.5 Å². The maximum Gasteiger partial charge on any atom is 4.00 e. The van der Waals surface area contributed by atoms with E-state index in [-0.39, 0.29) is 58.0 Å². The predicted octanol–water partition coefficient (Wildman–Crippen LogP) is 0.719. The van der Waals surface area contributed by atoms with Crippen molar-refractivity contribution in [3.63, 3.8) is 0 Å². The third-order valence-electron chi connectivity index (χ3n) is 4.00. The van der Waals surface area contributed by atoms with Crippen LogP contribution in [0.2, 0.25) is 0 Å². The van der Waals surface area contributed by atoms with E-state index in [4.69, 9.17) is 29.2 Å². The summed E-state index contributed by atoms with van der Waals surface area (Å²) in [5, 5.41) is 41.0. The smallest absolute Gasteiger partial charge is 0.872 e. The summed E-state index contributed by atoms with van der Waals surface area (Å²) in [6.07, 6.45) is 2.09. The van der Waals surface area contributed by atoms with Gasteiger partial charge in [0.25, 0.3) is 0 Å². The molecule has 0 amide bonds. The van der Waals surface area contributed by atoms with Crippen LogP contribution in [-0.2, 0) is 31.3 Å². The number of ketones is 2. The van der Waals surface area contributed by atoms with E-state index in [1.165, 1.54) is 42.3 Å². The third kappa shape index (κ3) is 17.0. The molecular formula is C28H36O10Ti. The Morgan fingerprint density at radius 1 is 0.641 bits per heavy atom. The minimum absolute atomic E-state index is 0. The van der Waals surface area contributed by atoms with Gasteiger partial charge in [0.15, 0.2) is 34.6 Å². The molecule has 0 aliphatic heterocycles. The fraction of sp³-hybridized carbons (Fsp3) is 0.357. The van der Waals surface area contributed by atoms with Gasteiger partial charge >= 0.3 is 21.7 Å². The van der Waals surface area contributed by atoms with Crippen molar-refractivity contribution >= 4 is 23.1 Å². The second-order valence-electron chi connectivity index (χ2n) is 6.96. The summed E-state index contributed by atoms with van der Waals surface area (Å²) >= 11 is 0. The van der Waals surface area contributed by atoms with E-state index in [0.717, 1.165) is 12.2 Å². The van der Waals surface area contributed by atoms with Gasteiger partial charge in [-0.05, 0) is 61.4 Å². The minimum Gasteiger partial charge on any atom is -0.872 e. The Morgan fingerprint density at radius 3 is 1.10 bits per heavy atom. The number of allylic oxidation sites excluding steroid dienone is 2. The van der Waals surface area contributed by atoms with Crippen molar-refractivity contribution < 1.29 is 70.7 Å². The number of rotatable bonds is 8. The van der Waals surface area contributed by atoms with Crippen molar-refractivity contribution in [2.45, 2.75) is 27.7 Å². The van der Waals surface area contributed by atoms with Gasteiger partial charge in [0.05, 0.1) is 28.4 Å². The molecule has 0 aromatic heterocycles. The number of carbonyl (C=O) groups excluding carboxylic acids is 2. The SMILES string of the molecule is CC[O-].CC[O-].COc1ccc(C([O-])=CC(C)=O)cc1OC.COc1ccc(C([O-])=CC(C)=O)cc1OC.[Ti+4]. The molecule has 0 bridgehead atoms. The molecule has 0 spiro atoms. The molecule has 212 valence electrons. The molecule has 0 heterocycles. The largest absolute Gasteiger partial charge is 4.00 e. The molecule has 0 aliphatic carbocycles. The average Bonchev–Trinajstić information content (AvgIpc) is 2.88. The van der Waals surface area contributed by atoms with E-state index in [0.29, 0.717) is 34.1 Å². The Morgan fingerprint density at radius 2 is 0.897 bits per heavy atom. The summed E-state index contributed by atoms with van der Waals surface area (Å²) in [6, 6.07) is 9.51. The van der Waals surface area contributed by atoms with Crippen LogP contribution in [0.4, 0.5) is 0 Å². The standard InChI is InChI=1S/2C12H14O4.2C2H5O.Ti/c2*1-8(13)6-10(14)9-4-5-11(15-2)12(7-9)16-3;2*1-2-3;/h2*4-7,14H,1-3H3;2*2H2,1H3;/q;;2*-1;+4/p-2. The molecule has 0 aliphatic rings. The Kier molecular flexibility index (Phi) is 24.5. The maximum atomic E-state index is 11.6. The number of carbonyl (C=O) groups is 2. The number of hydrogen-bond donors (Lipinski definition) is 0. The van der Waals surface area contributed by atoms with Gasteiger partial charge in [0.1, 0.15) is 0 Å². The molecule has 2 aromatic carbocycles. The van der Waals surface area contributed by atoms with Crippen molar-refractivity contribution in [2.75, 3.05) is 41.7 Å². The normalized spacial score (nSPS) is 10.0. The Bertz CT molecular complexity index is 965. The molecule has 0 saturated carbocycles. The molecule has 0 N–H and O–H groups in total. The van der Waals surface area contributed by atoms with Crippen LogP contribution in [0.5, 0.6) is 23.0 Å². The van der Waals surface area contributed by atoms with E-state index < -0.39 is 0 Å². The molecular weight excluding hydrogens is 544 g/mol. The van der Waals surface area contributed by atoms with Crippen molar-refractivity contribution in [1.82, 2.24) is 0 Å². The zero-order chi connectivity index (χ0) is 29.7. The van der Waals surface area contributed by atoms with Crippen molar-refractivity contribution in [1.29, 1.82) is 0 Å². The maximum absolute atomic E-state index is 11.6. The number of methoxy groups -OCH3 is 4. The molecule has 0 unspecified atom stereocenters. The molecule has 39 heavy (non-hydrogen) atoms. The first-order chi connectivity index (χ1) is 18.0. The monoisotopic (exact) mass is 580 g/mol. The molecule has 2 rings (SSSR count). The van der Waals surface area contributed by atoms with Gasteiger partial charge in [-0.15, -0.1) is 13.2 Å². The summed E-state index contributed by atoms with van der Waals surface area (Å²) in [7, 11) is 6.00. The Hall–Kier alpha value is -3.31. The number of benzene rings is 2. The van der Waals surface area contributed by atoms with Crippen molar-refractivity contribution in [3.05, 3.63) is 59.7 Å². The van der Waals surface area contributed by atoms with Gasteiger partial charge in [-0.25, -0.2) is 0 Å². The van der Waals surface area contributed by atoms with Crippen LogP contribution in [0, 0.1) is 0 Å². The first-order valence-electron chi connectivity index (χ1n) is 11.4. The van der Waals surface area contributed by atoms with Crippen LogP contribution in [0.3, 0.4) is 0 Å². The summed E-state index contributed by atoms with van der Waals surface area (Å²) in [5.41, 5.74) is 0.792. The van der Waals surface area contributed by atoms with E-state index in [1.54, 1.807) is 50.2 Å². The molecule has 2 aromatic rings. The van der Waals surface area contributed by atoms with Crippen LogP contribution < -0.4 is 39.4 Å². The van der Waals surface area contributed by atoms with E-state index in [1.807, 2.05) is 0 Å². The summed E-state index contributed by atoms with van der Waals surface area (Å²) < 4.78 is 20.2. The van der Waals surface area contributed by atoms with Crippen molar-refractivity contribution in [3.8, 4) is 23.0 Å². The average molecular weight is 580 g/mol. The van der Waals surface area contributed by atoms with Crippen LogP contribution in [-0.4, -0.2) is 53.2 Å². The summed E-state index contributed by atoms with van der Waals surface area (Å²) in [6.45, 7) is 5.80. The Labute approximate surface area is 245 Å². The fourth-order valence-electron chi connectivity index (χ4n) is 2.51. The fourth-order valence-corrected chi connectivity index (χ4v) is 2.51. The third-order valence-corrected chi connectivity index (χ3v) is 4.00. The van der Waals surface area contributed by atoms with Crippen molar-refractivity contribution in [2.24, 2.45) is 0 Å². The van der Waals surface area contributed by atoms with Gasteiger partial charge in [-0.2, -0.15) is 0 Å². The molecule has 0 atom stereocenters. The summed E-state index contributed by atoms with van der Waals surface area (Å²) in [5.74, 6) is 0.779. The summed E-state index contributed by atoms with van der Waals surface area (Å²) in [4.78, 5) is 21.5. The Balaban J connectivity index is -0.000000541. The van der Waals surface area contributed by atoms with Gasteiger partial charge in [0.2, 0.25) is 0 Å². The van der Waals surface area contributed by atoms with Gasteiger partial charge < -0.3 is 39.4 Å². The van der Waals surface area contributed by atoms with E-state index in [2.05, 4.69) is 0 Å². The van der Waals surface area contributed by atoms with Crippen LogP contribution in [0.15, 0.2) is 48.6 Å². The molecule has 0 fully saturated rings. The zero-order valence-electron chi connectivity index (χ0n) is 23.6. The van der Waals surface area contributed by atoms with Crippen LogP contribution >= 0.6 is 0 Å². The first kappa shape index (κ1) is 40.2. The van der Waals surface area contributed by atoms with Crippen LogP contribution in [0.1, 0.15) is 38.8 Å². The molecule has 11 heteroatoms. The molecule has 10 nitrogen and oxygen atoms in total. The molecule has 0 saturated heterocycles.